The van der Waals surface area contributed by atoms with E-state index in [4.69, 9.17) is 4.74 Å². The lowest BCUT2D eigenvalue weighted by atomic mass is 9.51. The lowest BCUT2D eigenvalue weighted by molar-refractivity contribution is -0.167. The minimum absolute atomic E-state index is 0.0529. The zero-order chi connectivity index (χ0) is 21.2. The quantitative estimate of drug-likeness (QED) is 0.583. The maximum atomic E-state index is 13.0. The summed E-state index contributed by atoms with van der Waals surface area (Å²) in [5.41, 5.74) is 0.145. The van der Waals surface area contributed by atoms with Crippen LogP contribution in [0.1, 0.15) is 53.4 Å². The van der Waals surface area contributed by atoms with Crippen LogP contribution in [0.25, 0.3) is 0 Å². The van der Waals surface area contributed by atoms with E-state index in [1.807, 2.05) is 19.9 Å². The Morgan fingerprint density at radius 3 is 2.72 bits per heavy atom. The number of Topliss-reactive ketones (excluding diaryl/α,β-unsaturated/α-hetero) is 1. The van der Waals surface area contributed by atoms with E-state index >= 15 is 0 Å². The molecule has 29 heavy (non-hydrogen) atoms. The molecule has 4 rings (SSSR count). The summed E-state index contributed by atoms with van der Waals surface area (Å²) in [5.74, 6) is -0.621. The maximum absolute atomic E-state index is 13.0. The summed E-state index contributed by atoms with van der Waals surface area (Å²) in [6, 6.07) is 0. The molecule has 0 saturated heterocycles. The van der Waals surface area contributed by atoms with Gasteiger partial charge in [-0.15, -0.1) is 0 Å². The van der Waals surface area contributed by atoms with Crippen molar-refractivity contribution in [2.24, 2.45) is 28.6 Å². The van der Waals surface area contributed by atoms with Gasteiger partial charge in [0.15, 0.2) is 12.4 Å². The number of allylic oxidation sites excluding steroid dienone is 6. The molecule has 1 N–H and O–H groups in total. The molecule has 0 aromatic carbocycles. The molecule has 2 saturated carbocycles. The van der Waals surface area contributed by atoms with Crippen molar-refractivity contribution < 1.29 is 24.2 Å². The van der Waals surface area contributed by atoms with Crippen LogP contribution in [0.4, 0.5) is 0 Å². The summed E-state index contributed by atoms with van der Waals surface area (Å²) < 4.78 is 4.95. The van der Waals surface area contributed by atoms with E-state index < -0.39 is 22.8 Å². The van der Waals surface area contributed by atoms with Crippen LogP contribution in [-0.4, -0.2) is 34.9 Å². The summed E-state index contributed by atoms with van der Waals surface area (Å²) in [6.07, 6.45) is 10.8. The van der Waals surface area contributed by atoms with Crippen LogP contribution in [-0.2, 0) is 19.1 Å². The van der Waals surface area contributed by atoms with Crippen molar-refractivity contribution >= 4 is 17.5 Å². The number of ether oxygens (including phenoxy) is 1. The van der Waals surface area contributed by atoms with Crippen LogP contribution in [0.5, 0.6) is 0 Å². The summed E-state index contributed by atoms with van der Waals surface area (Å²) in [4.78, 5) is 36.1. The van der Waals surface area contributed by atoms with E-state index in [9.17, 15) is 19.5 Å². The van der Waals surface area contributed by atoms with Crippen molar-refractivity contribution in [1.29, 1.82) is 0 Å². The average Bonchev–Trinajstić information content (AvgIpc) is 2.88. The molecule has 0 amide bonds. The predicted molar refractivity (Wildman–Crippen MR) is 108 cm³/mol. The fourth-order valence-electron chi connectivity index (χ4n) is 6.74. The van der Waals surface area contributed by atoms with Crippen molar-refractivity contribution in [3.8, 4) is 0 Å². The molecule has 156 valence electrons. The number of hydrogen-bond donors (Lipinski definition) is 1. The van der Waals surface area contributed by atoms with Gasteiger partial charge in [-0.25, -0.2) is 0 Å². The third-order valence-corrected chi connectivity index (χ3v) is 8.36. The van der Waals surface area contributed by atoms with Gasteiger partial charge in [-0.1, -0.05) is 37.1 Å². The highest BCUT2D eigenvalue weighted by Crippen LogP contribution is 2.66. The fraction of sp³-hybridized carbons (Fsp3) is 0.625. The first-order chi connectivity index (χ1) is 13.5. The van der Waals surface area contributed by atoms with Crippen LogP contribution >= 0.6 is 0 Å². The molecular weight excluding hydrogens is 368 g/mol. The number of rotatable bonds is 3. The molecule has 0 aromatic heterocycles. The molecule has 5 heteroatoms. The zero-order valence-electron chi connectivity index (χ0n) is 17.7. The second kappa shape index (κ2) is 6.49. The molecule has 0 radical (unpaired) electrons. The Morgan fingerprint density at radius 2 is 2.03 bits per heavy atom. The van der Waals surface area contributed by atoms with Gasteiger partial charge in [0.05, 0.1) is 0 Å². The standard InChI is InChI=1S/C24H30O5/c1-14-11-20-18-6-5-16-12-17(26)7-9-22(16,3)19(18)8-10-23(20,4)24(14,28)21(27)13-29-15(2)25/h7-9,12,14,18,20,28H,5-6,10-11,13H2,1-4H3/t14-,18?,20?,22?,23?,24-/m0/s1. The first kappa shape index (κ1) is 20.3. The van der Waals surface area contributed by atoms with Crippen molar-refractivity contribution in [1.82, 2.24) is 0 Å². The molecule has 0 spiro atoms. The normalized spacial score (nSPS) is 42.9. The number of ketones is 2. The SMILES string of the molecule is CC(=O)OCC(=O)[C@@]1(O)[C@@H](C)CC2C3CCC4=CC(=O)C=CC4(C)C3=CCC21C. The van der Waals surface area contributed by atoms with Crippen LogP contribution in [0.3, 0.4) is 0 Å². The molecule has 0 aromatic rings. The third-order valence-electron chi connectivity index (χ3n) is 8.36. The van der Waals surface area contributed by atoms with Gasteiger partial charge in [0.1, 0.15) is 5.60 Å². The number of aliphatic hydroxyl groups is 1. The summed E-state index contributed by atoms with van der Waals surface area (Å²) in [6.45, 7) is 7.03. The molecule has 6 atom stereocenters. The van der Waals surface area contributed by atoms with Gasteiger partial charge in [0, 0.05) is 17.8 Å². The lowest BCUT2D eigenvalue weighted by Crippen LogP contribution is -2.57. The number of carbonyl (C=O) groups excluding carboxylic acids is 3. The van der Waals surface area contributed by atoms with Crippen LogP contribution < -0.4 is 0 Å². The lowest BCUT2D eigenvalue weighted by Gasteiger charge is -2.53. The van der Waals surface area contributed by atoms with Crippen molar-refractivity contribution in [2.45, 2.75) is 59.0 Å². The fourth-order valence-corrected chi connectivity index (χ4v) is 6.74. The Bertz CT molecular complexity index is 880. The molecule has 0 heterocycles. The summed E-state index contributed by atoms with van der Waals surface area (Å²) in [5, 5.41) is 11.7. The molecule has 2 fully saturated rings. The number of fused-ring (bicyclic) bond motifs is 5. The molecular formula is C24H30O5. The van der Waals surface area contributed by atoms with E-state index in [-0.39, 0.29) is 35.6 Å². The van der Waals surface area contributed by atoms with Gasteiger partial charge in [0.2, 0.25) is 5.78 Å². The first-order valence-corrected chi connectivity index (χ1v) is 10.6. The van der Waals surface area contributed by atoms with Crippen LogP contribution in [0.15, 0.2) is 35.5 Å². The third kappa shape index (κ3) is 2.66. The van der Waals surface area contributed by atoms with Crippen molar-refractivity contribution in [2.75, 3.05) is 6.61 Å². The molecule has 4 aliphatic rings. The number of carbonyl (C=O) groups is 3. The van der Waals surface area contributed by atoms with Gasteiger partial charge in [0.25, 0.3) is 0 Å². The molecule has 0 aliphatic heterocycles. The molecule has 5 nitrogen and oxygen atoms in total. The average molecular weight is 398 g/mol. The zero-order valence-corrected chi connectivity index (χ0v) is 17.7. The minimum Gasteiger partial charge on any atom is -0.458 e. The van der Waals surface area contributed by atoms with E-state index in [0.717, 1.165) is 19.3 Å². The smallest absolute Gasteiger partial charge is 0.303 e. The second-order valence-electron chi connectivity index (χ2n) is 9.75. The minimum atomic E-state index is -1.51. The predicted octanol–water partition coefficient (Wildman–Crippen LogP) is 3.32. The van der Waals surface area contributed by atoms with Crippen LogP contribution in [0, 0.1) is 28.6 Å². The van der Waals surface area contributed by atoms with Crippen molar-refractivity contribution in [3.05, 3.63) is 35.5 Å². The van der Waals surface area contributed by atoms with E-state index in [1.165, 1.54) is 18.1 Å². The van der Waals surface area contributed by atoms with Gasteiger partial charge in [-0.05, 0) is 62.5 Å². The largest absolute Gasteiger partial charge is 0.458 e. The van der Waals surface area contributed by atoms with Gasteiger partial charge in [-0.2, -0.15) is 0 Å². The van der Waals surface area contributed by atoms with Gasteiger partial charge < -0.3 is 9.84 Å². The maximum Gasteiger partial charge on any atom is 0.303 e. The number of hydrogen-bond acceptors (Lipinski definition) is 5. The van der Waals surface area contributed by atoms with Crippen molar-refractivity contribution in [3.63, 3.8) is 0 Å². The Labute approximate surface area is 171 Å². The van der Waals surface area contributed by atoms with E-state index in [1.54, 1.807) is 12.2 Å². The Hall–Kier alpha value is -2.01. The highest BCUT2D eigenvalue weighted by atomic mass is 16.5. The topological polar surface area (TPSA) is 80.7 Å². The second-order valence-corrected chi connectivity index (χ2v) is 9.75. The molecule has 0 bridgehead atoms. The van der Waals surface area contributed by atoms with Gasteiger partial charge in [-0.3, -0.25) is 14.4 Å². The molecule has 4 aliphatic carbocycles. The highest BCUT2D eigenvalue weighted by Gasteiger charge is 2.67. The summed E-state index contributed by atoms with van der Waals surface area (Å²) in [7, 11) is 0. The highest BCUT2D eigenvalue weighted by molar-refractivity contribution is 6.01. The Kier molecular flexibility index (Phi) is 4.54. The van der Waals surface area contributed by atoms with Crippen LogP contribution in [0.2, 0.25) is 0 Å². The summed E-state index contributed by atoms with van der Waals surface area (Å²) >= 11 is 0. The first-order valence-electron chi connectivity index (χ1n) is 10.6. The molecule has 4 unspecified atom stereocenters. The number of esters is 1. The Morgan fingerprint density at radius 1 is 1.31 bits per heavy atom. The Balaban J connectivity index is 1.71. The van der Waals surface area contributed by atoms with E-state index in [0.29, 0.717) is 6.42 Å². The van der Waals surface area contributed by atoms with Gasteiger partial charge >= 0.3 is 5.97 Å². The van der Waals surface area contributed by atoms with E-state index in [2.05, 4.69) is 13.0 Å². The monoisotopic (exact) mass is 398 g/mol.